The molecule has 2 heterocycles. The number of rotatable bonds is 2. The summed E-state index contributed by atoms with van der Waals surface area (Å²) >= 11 is 3.48. The molecule has 3 rings (SSSR count). The lowest BCUT2D eigenvalue weighted by Gasteiger charge is -2.21. The van der Waals surface area contributed by atoms with Gasteiger partial charge in [-0.3, -0.25) is 13.9 Å². The average Bonchev–Trinajstić information content (AvgIpc) is 2.71. The average molecular weight is 353 g/mol. The molecule has 1 aliphatic rings. The molecule has 2 aromatic rings. The Hall–Kier alpha value is -1.40. The van der Waals surface area contributed by atoms with Gasteiger partial charge in [0.2, 0.25) is 0 Å². The van der Waals surface area contributed by atoms with Gasteiger partial charge in [0.25, 0.3) is 0 Å². The Morgan fingerprint density at radius 1 is 1.19 bits per heavy atom. The predicted octanol–water partition coefficient (Wildman–Crippen LogP) is 2.25. The molecule has 21 heavy (non-hydrogen) atoms. The first-order chi connectivity index (χ1) is 10.0. The van der Waals surface area contributed by atoms with Crippen molar-refractivity contribution >= 4 is 32.7 Å². The molecular weight excluding hydrogens is 336 g/mol. The van der Waals surface area contributed by atoms with Gasteiger partial charge in [-0.15, -0.1) is 0 Å². The van der Waals surface area contributed by atoms with Gasteiger partial charge in [0.1, 0.15) is 0 Å². The van der Waals surface area contributed by atoms with Crippen LogP contribution < -0.4 is 5.69 Å². The zero-order chi connectivity index (χ0) is 15.1. The molecule has 112 valence electrons. The first-order valence-corrected chi connectivity index (χ1v) is 7.77. The summed E-state index contributed by atoms with van der Waals surface area (Å²) in [5, 5.41) is 0. The highest BCUT2D eigenvalue weighted by molar-refractivity contribution is 9.10. The van der Waals surface area contributed by atoms with Gasteiger partial charge in [0, 0.05) is 43.3 Å². The quantitative estimate of drug-likeness (QED) is 0.779. The van der Waals surface area contributed by atoms with Gasteiger partial charge >= 0.3 is 5.69 Å². The van der Waals surface area contributed by atoms with Crippen molar-refractivity contribution in [1.82, 2.24) is 9.13 Å². The SMILES string of the molecule is Cn1c(=O)n(C)c2cc(C(=O)C3CCOCC3)c(Br)cc21. The van der Waals surface area contributed by atoms with E-state index in [1.54, 1.807) is 23.2 Å². The highest BCUT2D eigenvalue weighted by Crippen LogP contribution is 2.28. The Morgan fingerprint density at radius 3 is 2.38 bits per heavy atom. The number of nitrogens with zero attached hydrogens (tertiary/aromatic N) is 2. The molecule has 0 amide bonds. The molecule has 0 atom stereocenters. The van der Waals surface area contributed by atoms with Crippen molar-refractivity contribution in [2.45, 2.75) is 12.8 Å². The largest absolute Gasteiger partial charge is 0.381 e. The minimum absolute atomic E-state index is 0.00763. The van der Waals surface area contributed by atoms with Gasteiger partial charge in [-0.05, 0) is 40.9 Å². The fourth-order valence-corrected chi connectivity index (χ4v) is 3.41. The Labute approximate surface area is 130 Å². The first kappa shape index (κ1) is 14.5. The van der Waals surface area contributed by atoms with Crippen LogP contribution in [-0.2, 0) is 18.8 Å². The van der Waals surface area contributed by atoms with Crippen LogP contribution in [0.1, 0.15) is 23.2 Å². The van der Waals surface area contributed by atoms with E-state index in [1.807, 2.05) is 12.1 Å². The Bertz CT molecular complexity index is 769. The molecule has 1 aliphatic heterocycles. The number of fused-ring (bicyclic) bond motifs is 1. The summed E-state index contributed by atoms with van der Waals surface area (Å²) < 4.78 is 9.21. The lowest BCUT2D eigenvalue weighted by atomic mass is 9.91. The molecule has 0 unspecified atom stereocenters. The van der Waals surface area contributed by atoms with Gasteiger partial charge < -0.3 is 4.74 Å². The molecule has 1 fully saturated rings. The molecule has 0 aliphatic carbocycles. The molecule has 0 radical (unpaired) electrons. The molecular formula is C15H17BrN2O3. The van der Waals surface area contributed by atoms with E-state index in [1.165, 1.54) is 0 Å². The van der Waals surface area contributed by atoms with Crippen LogP contribution >= 0.6 is 15.9 Å². The van der Waals surface area contributed by atoms with Crippen LogP contribution in [0.15, 0.2) is 21.4 Å². The number of hydrogen-bond donors (Lipinski definition) is 0. The smallest absolute Gasteiger partial charge is 0.328 e. The van der Waals surface area contributed by atoms with E-state index in [0.717, 1.165) is 28.3 Å². The number of aryl methyl sites for hydroxylation is 2. The van der Waals surface area contributed by atoms with Crippen molar-refractivity contribution in [3.05, 3.63) is 32.7 Å². The minimum atomic E-state index is -0.0902. The standard InChI is InChI=1S/C15H17BrN2O3/c1-17-12-7-10(14(19)9-3-5-21-6-4-9)11(16)8-13(12)18(2)15(17)20/h7-9H,3-6H2,1-2H3. The summed E-state index contributed by atoms with van der Waals surface area (Å²) in [6.45, 7) is 1.28. The molecule has 1 saturated heterocycles. The van der Waals surface area contributed by atoms with Crippen molar-refractivity contribution in [3.8, 4) is 0 Å². The second-order valence-electron chi connectivity index (χ2n) is 5.47. The van der Waals surface area contributed by atoms with Crippen LogP contribution in [0.4, 0.5) is 0 Å². The molecule has 5 nitrogen and oxygen atoms in total. The third kappa shape index (κ3) is 2.36. The number of imidazole rings is 1. The maximum Gasteiger partial charge on any atom is 0.328 e. The second-order valence-corrected chi connectivity index (χ2v) is 6.33. The van der Waals surface area contributed by atoms with E-state index in [9.17, 15) is 9.59 Å². The molecule has 1 aromatic heterocycles. The van der Waals surface area contributed by atoms with E-state index in [2.05, 4.69) is 15.9 Å². The molecule has 0 spiro atoms. The van der Waals surface area contributed by atoms with Crippen LogP contribution in [0.3, 0.4) is 0 Å². The van der Waals surface area contributed by atoms with E-state index in [0.29, 0.717) is 18.8 Å². The van der Waals surface area contributed by atoms with E-state index >= 15 is 0 Å². The van der Waals surface area contributed by atoms with E-state index in [-0.39, 0.29) is 17.4 Å². The number of carbonyl (C=O) groups excluding carboxylic acids is 1. The van der Waals surface area contributed by atoms with Crippen LogP contribution in [0.25, 0.3) is 11.0 Å². The Balaban J connectivity index is 2.10. The molecule has 6 heteroatoms. The zero-order valence-electron chi connectivity index (χ0n) is 12.1. The summed E-state index contributed by atoms with van der Waals surface area (Å²) in [6.07, 6.45) is 1.52. The van der Waals surface area contributed by atoms with Crippen LogP contribution in [0.5, 0.6) is 0 Å². The van der Waals surface area contributed by atoms with E-state index < -0.39 is 0 Å². The normalized spacial score (nSPS) is 16.5. The fraction of sp³-hybridized carbons (Fsp3) is 0.467. The minimum Gasteiger partial charge on any atom is -0.381 e. The number of halogens is 1. The van der Waals surface area contributed by atoms with Crippen LogP contribution in [0, 0.1) is 5.92 Å². The highest BCUT2D eigenvalue weighted by Gasteiger charge is 2.25. The third-order valence-corrected chi connectivity index (χ3v) is 4.87. The predicted molar refractivity (Wildman–Crippen MR) is 83.7 cm³/mol. The van der Waals surface area contributed by atoms with Gasteiger partial charge in [-0.25, -0.2) is 4.79 Å². The summed E-state index contributed by atoms with van der Waals surface area (Å²) in [7, 11) is 3.46. The lowest BCUT2D eigenvalue weighted by Crippen LogP contribution is -2.23. The number of Topliss-reactive ketones (excluding diaryl/α,β-unsaturated/α-hetero) is 1. The van der Waals surface area contributed by atoms with Crippen LogP contribution in [0.2, 0.25) is 0 Å². The molecule has 0 saturated carbocycles. The third-order valence-electron chi connectivity index (χ3n) is 4.22. The Kier molecular flexibility index (Phi) is 3.75. The number of carbonyl (C=O) groups is 1. The number of ether oxygens (including phenoxy) is 1. The van der Waals surface area contributed by atoms with Crippen molar-refractivity contribution in [2.24, 2.45) is 20.0 Å². The molecule has 0 bridgehead atoms. The molecule has 1 aromatic carbocycles. The van der Waals surface area contributed by atoms with Gasteiger partial charge in [0.15, 0.2) is 5.78 Å². The van der Waals surface area contributed by atoms with Gasteiger partial charge in [-0.1, -0.05) is 0 Å². The maximum absolute atomic E-state index is 12.7. The summed E-state index contributed by atoms with van der Waals surface area (Å²) in [5.41, 5.74) is 2.15. The van der Waals surface area contributed by atoms with Crippen molar-refractivity contribution in [2.75, 3.05) is 13.2 Å². The van der Waals surface area contributed by atoms with Gasteiger partial charge in [0.05, 0.1) is 11.0 Å². The number of hydrogen-bond acceptors (Lipinski definition) is 3. The van der Waals surface area contributed by atoms with Crippen molar-refractivity contribution < 1.29 is 9.53 Å². The van der Waals surface area contributed by atoms with Crippen LogP contribution in [-0.4, -0.2) is 28.1 Å². The summed E-state index contributed by atoms with van der Waals surface area (Å²) in [4.78, 5) is 24.7. The summed E-state index contributed by atoms with van der Waals surface area (Å²) in [6, 6.07) is 3.67. The number of benzene rings is 1. The Morgan fingerprint density at radius 2 is 1.76 bits per heavy atom. The van der Waals surface area contributed by atoms with E-state index in [4.69, 9.17) is 4.74 Å². The van der Waals surface area contributed by atoms with Gasteiger partial charge in [-0.2, -0.15) is 0 Å². The number of aromatic nitrogens is 2. The summed E-state index contributed by atoms with van der Waals surface area (Å²) in [5.74, 6) is 0.136. The monoisotopic (exact) mass is 352 g/mol. The lowest BCUT2D eigenvalue weighted by molar-refractivity contribution is 0.0544. The fourth-order valence-electron chi connectivity index (χ4n) is 2.89. The highest BCUT2D eigenvalue weighted by atomic mass is 79.9. The van der Waals surface area contributed by atoms with Crippen molar-refractivity contribution in [3.63, 3.8) is 0 Å². The zero-order valence-corrected chi connectivity index (χ0v) is 13.6. The number of ketones is 1. The first-order valence-electron chi connectivity index (χ1n) is 6.97. The van der Waals surface area contributed by atoms with Crippen molar-refractivity contribution in [1.29, 1.82) is 0 Å². The second kappa shape index (κ2) is 5.42. The molecule has 0 N–H and O–H groups in total. The maximum atomic E-state index is 12.7. The topological polar surface area (TPSA) is 53.2 Å².